The third kappa shape index (κ3) is 4.89. The molecule has 55 heavy (non-hydrogen) atoms. The van der Waals surface area contributed by atoms with E-state index in [1.165, 1.54) is 109 Å². The molecular weight excluding hydrogens is 681 g/mol. The monoisotopic (exact) mass is 720 g/mol. The summed E-state index contributed by atoms with van der Waals surface area (Å²) in [4.78, 5) is 0. The molecule has 2 aliphatic carbocycles. The number of thiophene rings is 1. The van der Waals surface area contributed by atoms with Gasteiger partial charge in [-0.2, -0.15) is 0 Å². The molecule has 0 fully saturated rings. The summed E-state index contributed by atoms with van der Waals surface area (Å²) in [6, 6.07) is 63.9. The Labute approximate surface area is 327 Å². The lowest BCUT2D eigenvalue weighted by Gasteiger charge is -2.22. The fourth-order valence-corrected chi connectivity index (χ4v) is 10.8. The smallest absolute Gasteiger partial charge is 0.0361 e. The van der Waals surface area contributed by atoms with Crippen LogP contribution in [0, 0.1) is 0 Å². The van der Waals surface area contributed by atoms with Crippen molar-refractivity contribution < 1.29 is 0 Å². The van der Waals surface area contributed by atoms with E-state index in [9.17, 15) is 0 Å². The molecule has 9 aromatic rings. The molecule has 0 saturated heterocycles. The average Bonchev–Trinajstić information content (AvgIpc) is 3.79. The van der Waals surface area contributed by atoms with Gasteiger partial charge in [0, 0.05) is 31.0 Å². The first kappa shape index (κ1) is 32.4. The molecule has 0 radical (unpaired) electrons. The van der Waals surface area contributed by atoms with E-state index in [-0.39, 0.29) is 10.8 Å². The van der Waals surface area contributed by atoms with Gasteiger partial charge in [-0.25, -0.2) is 0 Å². The largest absolute Gasteiger partial charge is 0.135 e. The van der Waals surface area contributed by atoms with Crippen molar-refractivity contribution >= 4 is 31.5 Å². The first-order chi connectivity index (χ1) is 26.7. The molecule has 11 rings (SSSR count). The van der Waals surface area contributed by atoms with Gasteiger partial charge in [0.1, 0.15) is 0 Å². The highest BCUT2D eigenvalue weighted by molar-refractivity contribution is 7.25. The molecule has 1 heteroatoms. The number of hydrogen-bond donors (Lipinski definition) is 0. The van der Waals surface area contributed by atoms with Crippen molar-refractivity contribution in [1.82, 2.24) is 0 Å². The maximum absolute atomic E-state index is 2.41. The molecule has 0 atom stereocenters. The normalized spacial score (nSPS) is 14.5. The fourth-order valence-electron chi connectivity index (χ4n) is 9.61. The van der Waals surface area contributed by atoms with Crippen LogP contribution < -0.4 is 0 Å². The third-order valence-corrected chi connectivity index (χ3v) is 13.9. The number of hydrogen-bond acceptors (Lipinski definition) is 1. The van der Waals surface area contributed by atoms with Crippen LogP contribution in [0.5, 0.6) is 0 Å². The fraction of sp³-hybridized carbons (Fsp3) is 0.111. The molecule has 1 aromatic heterocycles. The highest BCUT2D eigenvalue weighted by Crippen LogP contribution is 2.51. The van der Waals surface area contributed by atoms with Crippen molar-refractivity contribution in [2.45, 2.75) is 38.5 Å². The summed E-state index contributed by atoms with van der Waals surface area (Å²) in [7, 11) is 0. The van der Waals surface area contributed by atoms with E-state index in [2.05, 4.69) is 198 Å². The minimum Gasteiger partial charge on any atom is -0.135 e. The Balaban J connectivity index is 0.856. The van der Waals surface area contributed by atoms with Crippen molar-refractivity contribution in [3.63, 3.8) is 0 Å². The predicted octanol–water partition coefficient (Wildman–Crippen LogP) is 15.3. The molecular formula is C54H40S. The van der Waals surface area contributed by atoms with Crippen molar-refractivity contribution in [2.75, 3.05) is 0 Å². The van der Waals surface area contributed by atoms with E-state index >= 15 is 0 Å². The Morgan fingerprint density at radius 1 is 0.291 bits per heavy atom. The van der Waals surface area contributed by atoms with Crippen molar-refractivity contribution in [3.05, 3.63) is 192 Å². The molecule has 0 aliphatic heterocycles. The van der Waals surface area contributed by atoms with Crippen molar-refractivity contribution in [3.8, 4) is 66.8 Å². The zero-order valence-electron chi connectivity index (χ0n) is 31.6. The average molecular weight is 721 g/mol. The molecule has 2 aliphatic rings. The van der Waals surface area contributed by atoms with Gasteiger partial charge in [0.15, 0.2) is 0 Å². The molecule has 1 heterocycles. The minimum absolute atomic E-state index is 0.00187. The maximum Gasteiger partial charge on any atom is 0.0361 e. The van der Waals surface area contributed by atoms with Gasteiger partial charge in [0.2, 0.25) is 0 Å². The molecule has 0 amide bonds. The van der Waals surface area contributed by atoms with Crippen LogP contribution in [-0.4, -0.2) is 0 Å². The summed E-state index contributed by atoms with van der Waals surface area (Å²) in [5, 5.41) is 2.65. The van der Waals surface area contributed by atoms with Gasteiger partial charge in [0.05, 0.1) is 0 Å². The van der Waals surface area contributed by atoms with Crippen molar-refractivity contribution in [2.24, 2.45) is 0 Å². The van der Waals surface area contributed by atoms with Crippen LogP contribution in [0.4, 0.5) is 0 Å². The SMILES string of the molecule is CC1(C)c2ccccc2-c2ccc(-c3ccc(-c4ccc5c(c4)sc4cc(-c6ccc(-c7ccc8c(c7)C(C)(C)c7ccccc7-8)cc6)ccc45)cc3)cc21. The zero-order valence-corrected chi connectivity index (χ0v) is 32.4. The lowest BCUT2D eigenvalue weighted by atomic mass is 9.81. The highest BCUT2D eigenvalue weighted by atomic mass is 32.1. The standard InChI is InChI=1S/C54H40S/c1-53(2)47-11-7-5-9-41(47)43-25-21-37(29-49(43)53)33-13-17-35(18-14-33)39-23-27-45-46-28-24-40(32-52(46)55-51(45)31-39)36-19-15-34(16-20-36)38-22-26-44-42-10-6-8-12-48(42)54(3,4)50(44)30-38/h5-32H,1-4H3. The second kappa shape index (κ2) is 11.7. The Kier molecular flexibility index (Phi) is 6.92. The van der Waals surface area contributed by atoms with Crippen LogP contribution in [0.1, 0.15) is 49.9 Å². The van der Waals surface area contributed by atoms with Crippen LogP contribution in [0.3, 0.4) is 0 Å². The molecule has 0 bridgehead atoms. The Hall–Kier alpha value is -6.02. The van der Waals surface area contributed by atoms with Gasteiger partial charge in [-0.05, 0) is 113 Å². The zero-order chi connectivity index (χ0) is 37.1. The molecule has 8 aromatic carbocycles. The Morgan fingerprint density at radius 2 is 0.600 bits per heavy atom. The predicted molar refractivity (Wildman–Crippen MR) is 236 cm³/mol. The van der Waals surface area contributed by atoms with Gasteiger partial charge >= 0.3 is 0 Å². The van der Waals surface area contributed by atoms with Gasteiger partial charge < -0.3 is 0 Å². The van der Waals surface area contributed by atoms with Gasteiger partial charge in [-0.1, -0.05) is 173 Å². The number of fused-ring (bicyclic) bond motifs is 9. The lowest BCUT2D eigenvalue weighted by molar-refractivity contribution is 0.660. The van der Waals surface area contributed by atoms with E-state index in [1.807, 2.05) is 11.3 Å². The summed E-state index contributed by atoms with van der Waals surface area (Å²) in [5.74, 6) is 0. The van der Waals surface area contributed by atoms with Crippen LogP contribution in [0.2, 0.25) is 0 Å². The van der Waals surface area contributed by atoms with Gasteiger partial charge in [-0.15, -0.1) is 11.3 Å². The maximum atomic E-state index is 2.41. The Morgan fingerprint density at radius 3 is 1.00 bits per heavy atom. The second-order valence-corrected chi connectivity index (χ2v) is 17.6. The molecule has 0 spiro atoms. The van der Waals surface area contributed by atoms with E-state index < -0.39 is 0 Å². The summed E-state index contributed by atoms with van der Waals surface area (Å²) in [6.45, 7) is 9.40. The van der Waals surface area contributed by atoms with E-state index in [0.29, 0.717) is 0 Å². The van der Waals surface area contributed by atoms with Gasteiger partial charge in [0.25, 0.3) is 0 Å². The van der Waals surface area contributed by atoms with Gasteiger partial charge in [-0.3, -0.25) is 0 Å². The number of rotatable bonds is 4. The summed E-state index contributed by atoms with van der Waals surface area (Å²) >= 11 is 1.89. The lowest BCUT2D eigenvalue weighted by Crippen LogP contribution is -2.14. The molecule has 0 nitrogen and oxygen atoms in total. The topological polar surface area (TPSA) is 0 Å². The molecule has 262 valence electrons. The minimum atomic E-state index is 0.00187. The molecule has 0 unspecified atom stereocenters. The second-order valence-electron chi connectivity index (χ2n) is 16.5. The van der Waals surface area contributed by atoms with E-state index in [4.69, 9.17) is 0 Å². The third-order valence-electron chi connectivity index (χ3n) is 12.7. The Bertz CT molecular complexity index is 2800. The van der Waals surface area contributed by atoms with Crippen LogP contribution >= 0.6 is 11.3 Å². The summed E-state index contributed by atoms with van der Waals surface area (Å²) in [5.41, 5.74) is 21.2. The summed E-state index contributed by atoms with van der Waals surface area (Å²) < 4.78 is 2.65. The summed E-state index contributed by atoms with van der Waals surface area (Å²) in [6.07, 6.45) is 0. The quantitative estimate of drug-likeness (QED) is 0.170. The number of benzene rings is 8. The van der Waals surface area contributed by atoms with Crippen LogP contribution in [-0.2, 0) is 10.8 Å². The molecule has 0 N–H and O–H groups in total. The van der Waals surface area contributed by atoms with Crippen LogP contribution in [0.25, 0.3) is 86.9 Å². The van der Waals surface area contributed by atoms with Crippen molar-refractivity contribution in [1.29, 1.82) is 0 Å². The highest BCUT2D eigenvalue weighted by Gasteiger charge is 2.36. The van der Waals surface area contributed by atoms with E-state index in [1.54, 1.807) is 0 Å². The van der Waals surface area contributed by atoms with Crippen LogP contribution in [0.15, 0.2) is 170 Å². The van der Waals surface area contributed by atoms with E-state index in [0.717, 1.165) is 0 Å². The first-order valence-electron chi connectivity index (χ1n) is 19.4. The molecule has 0 saturated carbocycles. The first-order valence-corrected chi connectivity index (χ1v) is 20.2.